The summed E-state index contributed by atoms with van der Waals surface area (Å²) in [6.07, 6.45) is 0. The predicted molar refractivity (Wildman–Crippen MR) is 137 cm³/mol. The Kier molecular flexibility index (Phi) is 6.07. The minimum absolute atomic E-state index is 0.0211. The van der Waals surface area contributed by atoms with E-state index in [0.29, 0.717) is 39.0 Å². The van der Waals surface area contributed by atoms with E-state index in [4.69, 9.17) is 14.2 Å². The zero-order chi connectivity index (χ0) is 25.4. The molecule has 4 aromatic rings. The number of Topliss-reactive ketones (excluding diaryl/α,β-unsaturated/α-hetero) is 1. The highest BCUT2D eigenvalue weighted by molar-refractivity contribution is 7.22. The number of ketones is 1. The average molecular weight is 503 g/mol. The van der Waals surface area contributed by atoms with Crippen LogP contribution in [0.25, 0.3) is 16.0 Å². The van der Waals surface area contributed by atoms with Gasteiger partial charge in [0.25, 0.3) is 5.78 Å². The SMILES string of the molecule is COc1ccc(/C(O)=C2\C(=O)C(=O)N(c3nc4ccc(OC)cc4s3)C2c2ccc(OC)cc2)cc1. The van der Waals surface area contributed by atoms with Crippen LogP contribution in [0.2, 0.25) is 0 Å². The fourth-order valence-corrected chi connectivity index (χ4v) is 5.18. The summed E-state index contributed by atoms with van der Waals surface area (Å²) in [5.74, 6) is 0.0486. The third kappa shape index (κ3) is 3.93. The van der Waals surface area contributed by atoms with Crippen molar-refractivity contribution in [3.05, 3.63) is 83.4 Å². The van der Waals surface area contributed by atoms with E-state index in [0.717, 1.165) is 4.70 Å². The number of amides is 1. The first-order valence-corrected chi connectivity index (χ1v) is 11.8. The third-order valence-electron chi connectivity index (χ3n) is 6.03. The van der Waals surface area contributed by atoms with E-state index >= 15 is 0 Å². The monoisotopic (exact) mass is 502 g/mol. The van der Waals surface area contributed by atoms with Gasteiger partial charge in [-0.05, 0) is 60.2 Å². The number of benzene rings is 3. The summed E-state index contributed by atoms with van der Waals surface area (Å²) in [6.45, 7) is 0. The lowest BCUT2D eigenvalue weighted by Gasteiger charge is -2.23. The van der Waals surface area contributed by atoms with Gasteiger partial charge in [-0.25, -0.2) is 4.98 Å². The van der Waals surface area contributed by atoms with Gasteiger partial charge in [0.1, 0.15) is 23.0 Å². The summed E-state index contributed by atoms with van der Waals surface area (Å²) in [4.78, 5) is 32.7. The van der Waals surface area contributed by atoms with E-state index in [1.165, 1.54) is 23.3 Å². The molecule has 1 saturated heterocycles. The Morgan fingerprint density at radius 2 is 1.44 bits per heavy atom. The molecule has 0 aliphatic carbocycles. The smallest absolute Gasteiger partial charge is 0.301 e. The van der Waals surface area contributed by atoms with Crippen LogP contribution in [0.4, 0.5) is 5.13 Å². The van der Waals surface area contributed by atoms with Crippen LogP contribution < -0.4 is 19.1 Å². The Bertz CT molecular complexity index is 1490. The lowest BCUT2D eigenvalue weighted by molar-refractivity contribution is -0.132. The number of methoxy groups -OCH3 is 3. The number of anilines is 1. The first-order valence-electron chi connectivity index (χ1n) is 11.0. The number of aliphatic hydroxyl groups excluding tert-OH is 1. The van der Waals surface area contributed by atoms with Crippen molar-refractivity contribution in [2.75, 3.05) is 26.2 Å². The quantitative estimate of drug-likeness (QED) is 0.226. The molecular weight excluding hydrogens is 480 g/mol. The number of carbonyl (C=O) groups excluding carboxylic acids is 2. The molecule has 1 amide bonds. The molecule has 1 aromatic heterocycles. The highest BCUT2D eigenvalue weighted by atomic mass is 32.1. The molecule has 2 heterocycles. The van der Waals surface area contributed by atoms with Crippen molar-refractivity contribution in [3.63, 3.8) is 0 Å². The van der Waals surface area contributed by atoms with Crippen molar-refractivity contribution in [2.24, 2.45) is 0 Å². The van der Waals surface area contributed by atoms with E-state index in [1.807, 2.05) is 6.07 Å². The number of ether oxygens (including phenoxy) is 3. The van der Waals surface area contributed by atoms with Crippen LogP contribution in [0.15, 0.2) is 72.3 Å². The maximum absolute atomic E-state index is 13.4. The Morgan fingerprint density at radius 3 is 2.06 bits per heavy atom. The molecule has 1 aliphatic heterocycles. The fraction of sp³-hybridized carbons (Fsp3) is 0.148. The molecule has 0 radical (unpaired) electrons. The Morgan fingerprint density at radius 1 is 0.861 bits per heavy atom. The first-order chi connectivity index (χ1) is 17.4. The molecule has 8 nitrogen and oxygen atoms in total. The van der Waals surface area contributed by atoms with Crippen molar-refractivity contribution in [1.29, 1.82) is 0 Å². The molecular formula is C27H22N2O6S. The maximum atomic E-state index is 13.4. The van der Waals surface area contributed by atoms with Gasteiger partial charge in [-0.2, -0.15) is 0 Å². The number of aliphatic hydroxyl groups is 1. The molecule has 1 N–H and O–H groups in total. The fourth-order valence-electron chi connectivity index (χ4n) is 4.16. The second-order valence-corrected chi connectivity index (χ2v) is 9.01. The Hall–Kier alpha value is -4.37. The van der Waals surface area contributed by atoms with E-state index in [2.05, 4.69) is 4.98 Å². The molecule has 0 spiro atoms. The minimum Gasteiger partial charge on any atom is -0.507 e. The number of rotatable bonds is 6. The number of aromatic nitrogens is 1. The number of fused-ring (bicyclic) bond motifs is 1. The first kappa shape index (κ1) is 23.4. The van der Waals surface area contributed by atoms with Gasteiger partial charge in [0.15, 0.2) is 5.13 Å². The van der Waals surface area contributed by atoms with Gasteiger partial charge < -0.3 is 19.3 Å². The molecule has 9 heteroatoms. The van der Waals surface area contributed by atoms with Gasteiger partial charge in [0.2, 0.25) is 0 Å². The molecule has 1 unspecified atom stereocenters. The van der Waals surface area contributed by atoms with Crippen LogP contribution in [-0.2, 0) is 9.59 Å². The summed E-state index contributed by atoms with van der Waals surface area (Å²) in [6, 6.07) is 18.1. The summed E-state index contributed by atoms with van der Waals surface area (Å²) in [5.41, 5.74) is 1.66. The van der Waals surface area contributed by atoms with Crippen molar-refractivity contribution >= 4 is 44.1 Å². The van der Waals surface area contributed by atoms with Crippen LogP contribution in [0.3, 0.4) is 0 Å². The topological polar surface area (TPSA) is 98.2 Å². The van der Waals surface area contributed by atoms with E-state index in [-0.39, 0.29) is 11.3 Å². The van der Waals surface area contributed by atoms with Crippen LogP contribution in [0, 0.1) is 0 Å². The molecule has 1 atom stereocenters. The number of nitrogens with zero attached hydrogens (tertiary/aromatic N) is 2. The third-order valence-corrected chi connectivity index (χ3v) is 7.05. The number of thiazole rings is 1. The minimum atomic E-state index is -0.888. The lowest BCUT2D eigenvalue weighted by atomic mass is 9.95. The van der Waals surface area contributed by atoms with E-state index in [1.54, 1.807) is 74.9 Å². The maximum Gasteiger partial charge on any atom is 0.301 e. The second-order valence-electron chi connectivity index (χ2n) is 8.00. The van der Waals surface area contributed by atoms with Gasteiger partial charge in [-0.3, -0.25) is 14.5 Å². The number of hydrogen-bond donors (Lipinski definition) is 1. The van der Waals surface area contributed by atoms with Crippen LogP contribution >= 0.6 is 11.3 Å². The van der Waals surface area contributed by atoms with Gasteiger partial charge in [-0.15, -0.1) is 0 Å². The molecule has 1 fully saturated rings. The van der Waals surface area contributed by atoms with Crippen molar-refractivity contribution < 1.29 is 28.9 Å². The standard InChI is InChI=1S/C27H22N2O6S/c1-33-17-8-4-15(5-9-17)23-22(24(30)16-6-10-18(34-2)11-7-16)25(31)26(32)29(23)27-28-20-13-12-19(35-3)14-21(20)36-27/h4-14,23,30H,1-3H3/b24-22+. The van der Waals surface area contributed by atoms with Crippen molar-refractivity contribution in [1.82, 2.24) is 4.98 Å². The largest absolute Gasteiger partial charge is 0.507 e. The Labute approximate surface area is 211 Å². The number of carbonyl (C=O) groups is 2. The summed E-state index contributed by atoms with van der Waals surface area (Å²) in [5, 5.41) is 11.6. The zero-order valence-electron chi connectivity index (χ0n) is 19.7. The average Bonchev–Trinajstić information content (AvgIpc) is 3.45. The van der Waals surface area contributed by atoms with Gasteiger partial charge in [0, 0.05) is 5.56 Å². The van der Waals surface area contributed by atoms with Gasteiger partial charge in [0.05, 0.1) is 43.2 Å². The molecule has 0 bridgehead atoms. The molecule has 36 heavy (non-hydrogen) atoms. The highest BCUT2D eigenvalue weighted by Crippen LogP contribution is 2.45. The Balaban J connectivity index is 1.69. The van der Waals surface area contributed by atoms with E-state index < -0.39 is 17.7 Å². The van der Waals surface area contributed by atoms with Crippen LogP contribution in [-0.4, -0.2) is 43.1 Å². The van der Waals surface area contributed by atoms with Gasteiger partial charge in [-0.1, -0.05) is 23.5 Å². The second kappa shape index (κ2) is 9.35. The summed E-state index contributed by atoms with van der Waals surface area (Å²) in [7, 11) is 4.67. The number of hydrogen-bond acceptors (Lipinski definition) is 8. The molecule has 5 rings (SSSR count). The highest BCUT2D eigenvalue weighted by Gasteiger charge is 2.48. The predicted octanol–water partition coefficient (Wildman–Crippen LogP) is 4.95. The molecule has 3 aromatic carbocycles. The van der Waals surface area contributed by atoms with Crippen LogP contribution in [0.5, 0.6) is 17.2 Å². The van der Waals surface area contributed by atoms with Gasteiger partial charge >= 0.3 is 5.91 Å². The molecule has 0 saturated carbocycles. The van der Waals surface area contributed by atoms with Crippen molar-refractivity contribution in [3.8, 4) is 17.2 Å². The summed E-state index contributed by atoms with van der Waals surface area (Å²) >= 11 is 1.27. The zero-order valence-corrected chi connectivity index (χ0v) is 20.5. The normalized spacial score (nSPS) is 17.0. The summed E-state index contributed by atoms with van der Waals surface area (Å²) < 4.78 is 16.6. The molecule has 1 aliphatic rings. The lowest BCUT2D eigenvalue weighted by Crippen LogP contribution is -2.29. The molecule has 182 valence electrons. The van der Waals surface area contributed by atoms with Crippen molar-refractivity contribution in [2.45, 2.75) is 6.04 Å². The van der Waals surface area contributed by atoms with Crippen LogP contribution in [0.1, 0.15) is 17.2 Å². The van der Waals surface area contributed by atoms with E-state index in [9.17, 15) is 14.7 Å².